The van der Waals surface area contributed by atoms with E-state index < -0.39 is 0 Å². The molecule has 0 aliphatic carbocycles. The fraction of sp³-hybridized carbons (Fsp3) is 0. The first-order valence-corrected chi connectivity index (χ1v) is 10.6. The highest BCUT2D eigenvalue weighted by Gasteiger charge is 2.17. The fourth-order valence-electron chi connectivity index (χ4n) is 2.64. The van der Waals surface area contributed by atoms with Gasteiger partial charge < -0.3 is 8.83 Å². The molecular formula is C22H14O4S2. The zero-order valence-electron chi connectivity index (χ0n) is 14.5. The Labute approximate surface area is 169 Å². The van der Waals surface area contributed by atoms with E-state index in [9.17, 15) is 9.59 Å². The van der Waals surface area contributed by atoms with Crippen molar-refractivity contribution in [2.75, 3.05) is 0 Å². The summed E-state index contributed by atoms with van der Waals surface area (Å²) < 4.78 is 11.7. The smallest absolute Gasteiger partial charge is 0.182 e. The number of benzene rings is 2. The Balaban J connectivity index is 1.58. The van der Waals surface area contributed by atoms with Crippen molar-refractivity contribution in [2.45, 2.75) is 10.2 Å². The molecule has 138 valence electrons. The maximum Gasteiger partial charge on any atom is 0.182 e. The molecule has 4 nitrogen and oxygen atoms in total. The quantitative estimate of drug-likeness (QED) is 0.253. The van der Waals surface area contributed by atoms with E-state index in [4.69, 9.17) is 8.83 Å². The molecular weight excluding hydrogens is 392 g/mol. The predicted molar refractivity (Wildman–Crippen MR) is 111 cm³/mol. The Morgan fingerprint density at radius 3 is 1.36 bits per heavy atom. The third-order valence-corrected chi connectivity index (χ3v) is 6.20. The van der Waals surface area contributed by atoms with Crippen LogP contribution in [0.2, 0.25) is 0 Å². The number of aldehydes is 2. The van der Waals surface area contributed by atoms with Gasteiger partial charge in [0.25, 0.3) is 0 Å². The largest absolute Gasteiger partial charge is 0.448 e. The number of furan rings is 2. The van der Waals surface area contributed by atoms with Crippen molar-refractivity contribution in [1.29, 1.82) is 0 Å². The monoisotopic (exact) mass is 406 g/mol. The van der Waals surface area contributed by atoms with Gasteiger partial charge in [-0.05, 0) is 33.7 Å². The summed E-state index contributed by atoms with van der Waals surface area (Å²) in [7, 11) is 2.49. The van der Waals surface area contributed by atoms with E-state index in [2.05, 4.69) is 0 Å². The van der Waals surface area contributed by atoms with Gasteiger partial charge in [-0.1, -0.05) is 60.7 Å². The summed E-state index contributed by atoms with van der Waals surface area (Å²) in [6.07, 6.45) is 1.52. The molecule has 0 atom stereocenters. The van der Waals surface area contributed by atoms with Crippen LogP contribution in [0, 0.1) is 0 Å². The Kier molecular flexibility index (Phi) is 5.50. The highest BCUT2D eigenvalue weighted by atomic mass is 33.1. The minimum atomic E-state index is 0.457. The van der Waals surface area contributed by atoms with Crippen LogP contribution < -0.4 is 0 Å². The van der Waals surface area contributed by atoms with E-state index in [1.807, 2.05) is 60.7 Å². The molecule has 0 aliphatic heterocycles. The first-order valence-electron chi connectivity index (χ1n) is 8.42. The number of hydrogen-bond donors (Lipinski definition) is 0. The van der Waals surface area contributed by atoms with E-state index >= 15 is 0 Å². The van der Waals surface area contributed by atoms with Crippen LogP contribution in [0.4, 0.5) is 0 Å². The Bertz CT molecular complexity index is 1010. The minimum absolute atomic E-state index is 0.457. The normalized spacial score (nSPS) is 10.7. The van der Waals surface area contributed by atoms with Crippen LogP contribution in [0.1, 0.15) is 20.7 Å². The second kappa shape index (κ2) is 8.37. The third kappa shape index (κ3) is 3.83. The maximum atomic E-state index is 11.4. The summed E-state index contributed by atoms with van der Waals surface area (Å²) in [5.41, 5.74) is 2.69. The topological polar surface area (TPSA) is 60.4 Å². The molecule has 0 saturated carbocycles. The Morgan fingerprint density at radius 1 is 0.607 bits per heavy atom. The van der Waals surface area contributed by atoms with Crippen LogP contribution >= 0.6 is 21.6 Å². The summed E-state index contributed by atoms with van der Waals surface area (Å²) in [6, 6.07) is 22.5. The van der Waals surface area contributed by atoms with Crippen LogP contribution in [0.25, 0.3) is 22.6 Å². The summed E-state index contributed by atoms with van der Waals surface area (Å²) in [5.74, 6) is 1.23. The van der Waals surface area contributed by atoms with Crippen LogP contribution in [0.3, 0.4) is 0 Å². The number of hydrogen-bond acceptors (Lipinski definition) is 6. The summed E-state index contributed by atoms with van der Waals surface area (Å²) in [6.45, 7) is 0. The van der Waals surface area contributed by atoms with E-state index in [0.717, 1.165) is 23.7 Å². The van der Waals surface area contributed by atoms with E-state index in [1.54, 1.807) is 12.1 Å². The lowest BCUT2D eigenvalue weighted by Crippen LogP contribution is -1.77. The Hall–Kier alpha value is -2.96. The first kappa shape index (κ1) is 18.4. The fourth-order valence-corrected chi connectivity index (χ4v) is 4.68. The molecule has 0 spiro atoms. The van der Waals surface area contributed by atoms with Gasteiger partial charge >= 0.3 is 0 Å². The molecule has 0 unspecified atom stereocenters. The molecule has 0 bridgehead atoms. The molecule has 2 aromatic carbocycles. The molecule has 4 rings (SSSR count). The van der Waals surface area contributed by atoms with Crippen molar-refractivity contribution in [2.24, 2.45) is 0 Å². The third-order valence-electron chi connectivity index (χ3n) is 4.01. The second-order valence-corrected chi connectivity index (χ2v) is 7.92. The minimum Gasteiger partial charge on any atom is -0.448 e. The first-order chi connectivity index (χ1) is 13.8. The summed E-state index contributed by atoms with van der Waals surface area (Å²) in [5, 5.41) is 0.932. The molecule has 0 aliphatic rings. The van der Waals surface area contributed by atoms with Gasteiger partial charge in [0.15, 0.2) is 22.8 Å². The number of carbonyl (C=O) groups is 2. The summed E-state index contributed by atoms with van der Waals surface area (Å²) >= 11 is 0. The molecule has 0 radical (unpaired) electrons. The molecule has 0 saturated heterocycles. The molecule has 6 heteroatoms. The van der Waals surface area contributed by atoms with Crippen LogP contribution in [0.5, 0.6) is 0 Å². The lowest BCUT2D eigenvalue weighted by molar-refractivity contribution is 0.111. The zero-order valence-corrected chi connectivity index (χ0v) is 16.2. The van der Waals surface area contributed by atoms with Crippen molar-refractivity contribution >= 4 is 34.2 Å². The molecule has 28 heavy (non-hydrogen) atoms. The average Bonchev–Trinajstić information content (AvgIpc) is 3.37. The van der Waals surface area contributed by atoms with E-state index in [1.165, 1.54) is 21.6 Å². The van der Waals surface area contributed by atoms with Gasteiger partial charge in [0.05, 0.1) is 11.1 Å². The van der Waals surface area contributed by atoms with Crippen molar-refractivity contribution in [3.63, 3.8) is 0 Å². The van der Waals surface area contributed by atoms with Gasteiger partial charge in [-0.2, -0.15) is 0 Å². The SMILES string of the molecule is O=Cc1cc(-c2ccccc2)oc1SSc1oc(-c2ccccc2)cc1C=O. The highest BCUT2D eigenvalue weighted by Crippen LogP contribution is 2.44. The van der Waals surface area contributed by atoms with Crippen LogP contribution in [0.15, 0.2) is 91.8 Å². The lowest BCUT2D eigenvalue weighted by Gasteiger charge is -1.98. The number of carbonyl (C=O) groups excluding carboxylic acids is 2. The summed E-state index contributed by atoms with van der Waals surface area (Å²) in [4.78, 5) is 22.9. The van der Waals surface area contributed by atoms with Gasteiger partial charge in [-0.25, -0.2) is 0 Å². The zero-order chi connectivity index (χ0) is 19.3. The van der Waals surface area contributed by atoms with Crippen LogP contribution in [-0.2, 0) is 0 Å². The van der Waals surface area contributed by atoms with Crippen molar-refractivity contribution in [3.8, 4) is 22.6 Å². The van der Waals surface area contributed by atoms with Gasteiger partial charge in [-0.3, -0.25) is 9.59 Å². The highest BCUT2D eigenvalue weighted by molar-refractivity contribution is 8.76. The average molecular weight is 406 g/mol. The molecule has 4 aromatic rings. The molecule has 2 aromatic heterocycles. The van der Waals surface area contributed by atoms with Gasteiger partial charge in [-0.15, -0.1) is 0 Å². The van der Waals surface area contributed by atoms with Crippen molar-refractivity contribution < 1.29 is 18.4 Å². The lowest BCUT2D eigenvalue weighted by atomic mass is 10.1. The van der Waals surface area contributed by atoms with Crippen molar-refractivity contribution in [1.82, 2.24) is 0 Å². The predicted octanol–water partition coefficient (Wildman–Crippen LogP) is 6.63. The number of rotatable bonds is 7. The van der Waals surface area contributed by atoms with Crippen molar-refractivity contribution in [3.05, 3.63) is 83.9 Å². The maximum absolute atomic E-state index is 11.4. The molecule has 0 N–H and O–H groups in total. The molecule has 2 heterocycles. The second-order valence-electron chi connectivity index (χ2n) is 5.84. The van der Waals surface area contributed by atoms with Gasteiger partial charge in [0.1, 0.15) is 11.5 Å². The van der Waals surface area contributed by atoms with E-state index in [0.29, 0.717) is 32.8 Å². The van der Waals surface area contributed by atoms with Gasteiger partial charge in [0, 0.05) is 11.1 Å². The molecule has 0 amide bonds. The molecule has 0 fully saturated rings. The van der Waals surface area contributed by atoms with E-state index in [-0.39, 0.29) is 0 Å². The standard InChI is InChI=1S/C22H14O4S2/c23-13-17-11-19(15-7-3-1-4-8-15)25-21(17)27-28-22-18(14-24)12-20(26-22)16-9-5-2-6-10-16/h1-14H. The Morgan fingerprint density at radius 2 is 1.00 bits per heavy atom. The van der Waals surface area contributed by atoms with Crippen LogP contribution in [-0.4, -0.2) is 12.6 Å². The van der Waals surface area contributed by atoms with Gasteiger partial charge in [0.2, 0.25) is 0 Å².